The van der Waals surface area contributed by atoms with Crippen LogP contribution in [0.3, 0.4) is 0 Å². The van der Waals surface area contributed by atoms with E-state index in [4.69, 9.17) is 4.74 Å². The van der Waals surface area contributed by atoms with Gasteiger partial charge in [-0.05, 0) is 26.2 Å². The van der Waals surface area contributed by atoms with Gasteiger partial charge in [-0.3, -0.25) is 14.8 Å². The van der Waals surface area contributed by atoms with Gasteiger partial charge >= 0.3 is 0 Å². The highest BCUT2D eigenvalue weighted by molar-refractivity contribution is 5.92. The highest BCUT2D eigenvalue weighted by Gasteiger charge is 2.37. The predicted octanol–water partition coefficient (Wildman–Crippen LogP) is 1.12. The molecule has 110 valence electrons. The van der Waals surface area contributed by atoms with Gasteiger partial charge < -0.3 is 9.64 Å². The number of carbonyl (C=O) groups is 1. The van der Waals surface area contributed by atoms with Gasteiger partial charge in [0.25, 0.3) is 5.91 Å². The van der Waals surface area contributed by atoms with Gasteiger partial charge in [-0.2, -0.15) is 0 Å². The fourth-order valence-electron chi connectivity index (χ4n) is 2.85. The lowest BCUT2D eigenvalue weighted by molar-refractivity contribution is 0.0728. The van der Waals surface area contributed by atoms with Crippen molar-refractivity contribution in [3.8, 4) is 5.88 Å². The molecule has 0 spiro atoms. The molecular weight excluding hydrogens is 256 g/mol. The molecule has 1 aromatic heterocycles. The summed E-state index contributed by atoms with van der Waals surface area (Å²) in [7, 11) is 1.88. The fraction of sp³-hybridized carbons (Fsp3) is 0.714. The van der Waals surface area contributed by atoms with Crippen molar-refractivity contribution in [1.29, 1.82) is 0 Å². The Hall–Kier alpha value is -1.56. The number of rotatable bonds is 5. The minimum absolute atomic E-state index is 0.00824. The van der Waals surface area contributed by atoms with Crippen molar-refractivity contribution in [1.82, 2.24) is 20.0 Å². The molecule has 1 atom stereocenters. The molecule has 1 amide bonds. The van der Waals surface area contributed by atoms with Crippen LogP contribution >= 0.6 is 0 Å². The van der Waals surface area contributed by atoms with Gasteiger partial charge in [-0.25, -0.2) is 0 Å². The van der Waals surface area contributed by atoms with Crippen molar-refractivity contribution >= 4 is 5.91 Å². The van der Waals surface area contributed by atoms with Crippen molar-refractivity contribution in [2.24, 2.45) is 0 Å². The molecule has 2 heterocycles. The first kappa shape index (κ1) is 13.4. The summed E-state index contributed by atoms with van der Waals surface area (Å²) < 4.78 is 5.28. The summed E-state index contributed by atoms with van der Waals surface area (Å²) in [6.45, 7) is 4.56. The number of aromatic amines is 1. The summed E-state index contributed by atoms with van der Waals surface area (Å²) in [4.78, 5) is 16.8. The molecule has 1 N–H and O–H groups in total. The Morgan fingerprint density at radius 2 is 2.35 bits per heavy atom. The third kappa shape index (κ3) is 2.65. The number of carbonyl (C=O) groups excluding carboxylic acids is 1. The lowest BCUT2D eigenvalue weighted by atomic mass is 10.2. The van der Waals surface area contributed by atoms with Gasteiger partial charge in [0.05, 0.1) is 6.61 Å². The molecule has 0 aromatic carbocycles. The van der Waals surface area contributed by atoms with Gasteiger partial charge in [0.1, 0.15) is 5.69 Å². The van der Waals surface area contributed by atoms with Crippen LogP contribution in [0.5, 0.6) is 5.88 Å². The third-order valence-electron chi connectivity index (χ3n) is 4.20. The summed E-state index contributed by atoms with van der Waals surface area (Å²) >= 11 is 0. The van der Waals surface area contributed by atoms with Crippen LogP contribution in [-0.2, 0) is 0 Å². The Morgan fingerprint density at radius 3 is 3.05 bits per heavy atom. The maximum atomic E-state index is 12.4. The van der Waals surface area contributed by atoms with Crippen molar-refractivity contribution in [2.45, 2.75) is 38.3 Å². The first-order valence-corrected chi connectivity index (χ1v) is 7.38. The van der Waals surface area contributed by atoms with Crippen LogP contribution in [-0.4, -0.2) is 64.7 Å². The number of amides is 1. The van der Waals surface area contributed by atoms with Crippen LogP contribution in [0.25, 0.3) is 0 Å². The molecule has 1 saturated heterocycles. The smallest absolute Gasteiger partial charge is 0.272 e. The van der Waals surface area contributed by atoms with Crippen LogP contribution in [0, 0.1) is 0 Å². The number of likely N-dealkylation sites (N-methyl/N-ethyl adjacent to an activating group) is 1. The van der Waals surface area contributed by atoms with Crippen molar-refractivity contribution in [2.75, 3.05) is 26.7 Å². The highest BCUT2D eigenvalue weighted by Crippen LogP contribution is 2.31. The standard InChI is InChI=1S/C14H22N4O2/c1-3-20-13-8-12(15-16-13)14(19)17(2)11-6-7-18(9-11)10-4-5-10/h8,10-11H,3-7,9H2,1-2H3,(H,15,16). The van der Waals surface area contributed by atoms with E-state index < -0.39 is 0 Å². The highest BCUT2D eigenvalue weighted by atomic mass is 16.5. The van der Waals surface area contributed by atoms with Gasteiger partial charge in [-0.1, -0.05) is 0 Å². The van der Waals surface area contributed by atoms with Gasteiger partial charge in [0.2, 0.25) is 5.88 Å². The maximum absolute atomic E-state index is 12.4. The number of ether oxygens (including phenoxy) is 1. The molecule has 2 aliphatic rings. The summed E-state index contributed by atoms with van der Waals surface area (Å²) in [5, 5.41) is 6.75. The average molecular weight is 278 g/mol. The average Bonchev–Trinajstić information content (AvgIpc) is 3.01. The SMILES string of the molecule is CCOc1cc(C(=O)N(C)C2CCN(C3CC3)C2)[nH]n1. The normalized spacial score (nSPS) is 23.0. The summed E-state index contributed by atoms with van der Waals surface area (Å²) in [5.74, 6) is 0.473. The van der Waals surface area contributed by atoms with Gasteiger partial charge in [0, 0.05) is 38.3 Å². The molecule has 1 aliphatic carbocycles. The van der Waals surface area contributed by atoms with Crippen LogP contribution in [0.15, 0.2) is 6.07 Å². The topological polar surface area (TPSA) is 61.5 Å². The van der Waals surface area contributed by atoms with E-state index in [1.165, 1.54) is 12.8 Å². The molecule has 1 saturated carbocycles. The minimum atomic E-state index is -0.00824. The Balaban J connectivity index is 1.60. The Kier molecular flexibility index (Phi) is 3.65. The minimum Gasteiger partial charge on any atom is -0.477 e. The first-order chi connectivity index (χ1) is 9.69. The lowest BCUT2D eigenvalue weighted by Crippen LogP contribution is -2.39. The number of hydrogen-bond donors (Lipinski definition) is 1. The molecule has 6 nitrogen and oxygen atoms in total. The van der Waals surface area contributed by atoms with E-state index in [9.17, 15) is 4.79 Å². The Labute approximate surface area is 119 Å². The number of aromatic nitrogens is 2. The molecule has 1 aromatic rings. The first-order valence-electron chi connectivity index (χ1n) is 7.38. The largest absolute Gasteiger partial charge is 0.477 e. The molecule has 2 fully saturated rings. The van der Waals surface area contributed by atoms with Crippen LogP contribution in [0.1, 0.15) is 36.7 Å². The van der Waals surface area contributed by atoms with E-state index in [1.807, 2.05) is 18.9 Å². The monoisotopic (exact) mass is 278 g/mol. The summed E-state index contributed by atoms with van der Waals surface area (Å²) in [6.07, 6.45) is 3.70. The van der Waals surface area contributed by atoms with Gasteiger partial charge in [0.15, 0.2) is 0 Å². The van der Waals surface area contributed by atoms with Crippen LogP contribution in [0.4, 0.5) is 0 Å². The lowest BCUT2D eigenvalue weighted by Gasteiger charge is -2.24. The number of nitrogens with one attached hydrogen (secondary N) is 1. The van der Waals surface area contributed by atoms with Crippen LogP contribution < -0.4 is 4.74 Å². The quantitative estimate of drug-likeness (QED) is 0.876. The molecule has 0 bridgehead atoms. The number of hydrogen-bond acceptors (Lipinski definition) is 4. The van der Waals surface area contributed by atoms with Crippen molar-refractivity contribution in [3.63, 3.8) is 0 Å². The molecule has 1 aliphatic heterocycles. The van der Waals surface area contributed by atoms with E-state index in [-0.39, 0.29) is 5.91 Å². The molecule has 0 radical (unpaired) electrons. The molecule has 1 unspecified atom stereocenters. The van der Waals surface area contributed by atoms with Crippen molar-refractivity contribution < 1.29 is 9.53 Å². The number of likely N-dealkylation sites (tertiary alicyclic amines) is 1. The van der Waals surface area contributed by atoms with E-state index >= 15 is 0 Å². The Morgan fingerprint density at radius 1 is 1.55 bits per heavy atom. The second-order valence-corrected chi connectivity index (χ2v) is 5.64. The number of nitrogens with zero attached hydrogens (tertiary/aromatic N) is 3. The number of H-pyrrole nitrogens is 1. The zero-order chi connectivity index (χ0) is 14.1. The zero-order valence-electron chi connectivity index (χ0n) is 12.1. The summed E-state index contributed by atoms with van der Waals surface area (Å²) in [6, 6.07) is 2.76. The second kappa shape index (κ2) is 5.44. The van der Waals surface area contributed by atoms with Crippen molar-refractivity contribution in [3.05, 3.63) is 11.8 Å². The predicted molar refractivity (Wildman–Crippen MR) is 74.9 cm³/mol. The molecule has 6 heteroatoms. The fourth-order valence-corrected chi connectivity index (χ4v) is 2.85. The van der Waals surface area contributed by atoms with Gasteiger partial charge in [-0.15, -0.1) is 5.10 Å². The van der Waals surface area contributed by atoms with E-state index in [2.05, 4.69) is 15.1 Å². The van der Waals surface area contributed by atoms with E-state index in [1.54, 1.807) is 6.07 Å². The van der Waals surface area contributed by atoms with E-state index in [0.29, 0.717) is 24.2 Å². The summed E-state index contributed by atoms with van der Waals surface area (Å²) in [5.41, 5.74) is 0.501. The molecular formula is C14H22N4O2. The van der Waals surface area contributed by atoms with Crippen LogP contribution in [0.2, 0.25) is 0 Å². The maximum Gasteiger partial charge on any atom is 0.272 e. The van der Waals surface area contributed by atoms with E-state index in [0.717, 1.165) is 25.6 Å². The Bertz CT molecular complexity index is 483. The molecule has 20 heavy (non-hydrogen) atoms. The molecule has 3 rings (SSSR count). The third-order valence-corrected chi connectivity index (χ3v) is 4.20. The second-order valence-electron chi connectivity index (χ2n) is 5.64. The zero-order valence-corrected chi connectivity index (χ0v) is 12.1.